The molecular formula is C17H26N2O3S. The molecule has 2 fully saturated rings. The summed E-state index contributed by atoms with van der Waals surface area (Å²) in [4.78, 5) is 2.60. The Bertz CT molecular complexity index is 662. The highest BCUT2D eigenvalue weighted by molar-refractivity contribution is 7.89. The van der Waals surface area contributed by atoms with E-state index in [-0.39, 0.29) is 6.10 Å². The molecule has 1 aromatic carbocycles. The molecule has 2 aliphatic rings. The molecule has 0 radical (unpaired) electrons. The summed E-state index contributed by atoms with van der Waals surface area (Å²) in [7, 11) is -3.43. The third-order valence-electron chi connectivity index (χ3n) is 4.90. The van der Waals surface area contributed by atoms with Gasteiger partial charge in [0.1, 0.15) is 0 Å². The van der Waals surface area contributed by atoms with Gasteiger partial charge in [-0.15, -0.1) is 0 Å². The third kappa shape index (κ3) is 3.76. The Morgan fingerprint density at radius 1 is 1.17 bits per heavy atom. The van der Waals surface area contributed by atoms with Crippen LogP contribution in [-0.4, -0.2) is 61.6 Å². The van der Waals surface area contributed by atoms with E-state index in [0.717, 1.165) is 24.0 Å². The van der Waals surface area contributed by atoms with Crippen LogP contribution in [0.15, 0.2) is 23.1 Å². The summed E-state index contributed by atoms with van der Waals surface area (Å²) in [5, 5.41) is 10.0. The quantitative estimate of drug-likeness (QED) is 0.881. The van der Waals surface area contributed by atoms with Crippen molar-refractivity contribution in [1.29, 1.82) is 0 Å². The van der Waals surface area contributed by atoms with Crippen LogP contribution in [-0.2, 0) is 10.0 Å². The molecule has 0 spiro atoms. The number of hydrogen-bond donors (Lipinski definition) is 1. The Morgan fingerprint density at radius 3 is 2.43 bits per heavy atom. The Hall–Kier alpha value is -0.950. The van der Waals surface area contributed by atoms with E-state index in [0.29, 0.717) is 43.5 Å². The van der Waals surface area contributed by atoms with Crippen LogP contribution in [0, 0.1) is 19.8 Å². The molecule has 1 atom stereocenters. The van der Waals surface area contributed by atoms with Gasteiger partial charge in [0.15, 0.2) is 0 Å². The second-order valence-electron chi connectivity index (χ2n) is 6.88. The first-order chi connectivity index (χ1) is 10.9. The molecule has 6 heteroatoms. The maximum atomic E-state index is 12.9. The molecule has 23 heavy (non-hydrogen) atoms. The van der Waals surface area contributed by atoms with E-state index < -0.39 is 10.0 Å². The number of rotatable bonds is 5. The minimum Gasteiger partial charge on any atom is -0.392 e. The van der Waals surface area contributed by atoms with Crippen LogP contribution >= 0.6 is 0 Å². The predicted octanol–water partition coefficient (Wildman–Crippen LogP) is 1.38. The van der Waals surface area contributed by atoms with Crippen LogP contribution in [0.3, 0.4) is 0 Å². The summed E-state index contributed by atoms with van der Waals surface area (Å²) >= 11 is 0. The van der Waals surface area contributed by atoms with E-state index in [4.69, 9.17) is 0 Å². The van der Waals surface area contributed by atoms with E-state index in [2.05, 4.69) is 4.90 Å². The van der Waals surface area contributed by atoms with Crippen molar-refractivity contribution >= 4 is 10.0 Å². The maximum Gasteiger partial charge on any atom is 0.243 e. The van der Waals surface area contributed by atoms with Gasteiger partial charge in [-0.1, -0.05) is 12.1 Å². The van der Waals surface area contributed by atoms with E-state index in [1.165, 1.54) is 0 Å². The molecule has 3 rings (SSSR count). The molecule has 1 aliphatic heterocycles. The summed E-state index contributed by atoms with van der Waals surface area (Å²) < 4.78 is 27.3. The van der Waals surface area contributed by atoms with Crippen molar-refractivity contribution < 1.29 is 13.5 Å². The summed E-state index contributed by atoms with van der Waals surface area (Å²) in [5.41, 5.74) is 1.75. The summed E-state index contributed by atoms with van der Waals surface area (Å²) in [5.74, 6) is 0.465. The number of hydrogen-bond acceptors (Lipinski definition) is 4. The Morgan fingerprint density at radius 2 is 1.83 bits per heavy atom. The Kier molecular flexibility index (Phi) is 4.78. The highest BCUT2D eigenvalue weighted by Crippen LogP contribution is 2.33. The van der Waals surface area contributed by atoms with Crippen molar-refractivity contribution in [2.75, 3.05) is 32.7 Å². The fourth-order valence-electron chi connectivity index (χ4n) is 3.17. The average Bonchev–Trinajstić information content (AvgIpc) is 3.35. The molecule has 1 unspecified atom stereocenters. The number of piperazine rings is 1. The maximum absolute atomic E-state index is 12.9. The molecule has 1 N–H and O–H groups in total. The molecule has 1 heterocycles. The lowest BCUT2D eigenvalue weighted by Crippen LogP contribution is -2.50. The van der Waals surface area contributed by atoms with Crippen molar-refractivity contribution in [1.82, 2.24) is 9.21 Å². The lowest BCUT2D eigenvalue weighted by Gasteiger charge is -2.35. The smallest absolute Gasteiger partial charge is 0.243 e. The molecule has 128 valence electrons. The molecule has 5 nitrogen and oxygen atoms in total. The van der Waals surface area contributed by atoms with Crippen LogP contribution < -0.4 is 0 Å². The van der Waals surface area contributed by atoms with Gasteiger partial charge in [-0.2, -0.15) is 4.31 Å². The van der Waals surface area contributed by atoms with Crippen molar-refractivity contribution in [3.8, 4) is 0 Å². The lowest BCUT2D eigenvalue weighted by atomic mass is 10.2. The number of sulfonamides is 1. The van der Waals surface area contributed by atoms with Gasteiger partial charge >= 0.3 is 0 Å². The minimum absolute atomic E-state index is 0.253. The summed E-state index contributed by atoms with van der Waals surface area (Å²) in [6.45, 7) is 6.79. The zero-order valence-electron chi connectivity index (χ0n) is 13.9. The molecule has 0 aromatic heterocycles. The van der Waals surface area contributed by atoms with Crippen molar-refractivity contribution in [2.45, 2.75) is 37.7 Å². The fraction of sp³-hybridized carbons (Fsp3) is 0.647. The second kappa shape index (κ2) is 6.51. The van der Waals surface area contributed by atoms with E-state index in [9.17, 15) is 13.5 Å². The zero-order chi connectivity index (χ0) is 16.6. The van der Waals surface area contributed by atoms with Crippen LogP contribution in [0.25, 0.3) is 0 Å². The molecule has 1 saturated heterocycles. The first kappa shape index (κ1) is 16.9. The van der Waals surface area contributed by atoms with Crippen LogP contribution in [0.1, 0.15) is 24.0 Å². The number of aryl methyl sites for hydroxylation is 2. The SMILES string of the molecule is Cc1ccc(C)c(S(=O)(=O)N2CCN(CC(O)C3CC3)CC2)c1. The summed E-state index contributed by atoms with van der Waals surface area (Å²) in [6, 6.07) is 5.56. The van der Waals surface area contributed by atoms with Gasteiger partial charge in [-0.25, -0.2) is 8.42 Å². The van der Waals surface area contributed by atoms with Crippen LogP contribution in [0.4, 0.5) is 0 Å². The molecule has 0 amide bonds. The van der Waals surface area contributed by atoms with Crippen molar-refractivity contribution in [3.05, 3.63) is 29.3 Å². The van der Waals surface area contributed by atoms with Gasteiger partial charge in [0.2, 0.25) is 10.0 Å². The van der Waals surface area contributed by atoms with Crippen LogP contribution in [0.2, 0.25) is 0 Å². The largest absolute Gasteiger partial charge is 0.392 e. The van der Waals surface area contributed by atoms with E-state index in [1.807, 2.05) is 26.0 Å². The average molecular weight is 338 g/mol. The van der Waals surface area contributed by atoms with Crippen molar-refractivity contribution in [3.63, 3.8) is 0 Å². The normalized spacial score (nSPS) is 22.2. The Labute approximate surface area is 139 Å². The summed E-state index contributed by atoms with van der Waals surface area (Å²) in [6.07, 6.45) is 2.00. The van der Waals surface area contributed by atoms with E-state index >= 15 is 0 Å². The van der Waals surface area contributed by atoms with Gasteiger partial charge in [0.25, 0.3) is 0 Å². The third-order valence-corrected chi connectivity index (χ3v) is 6.94. The Balaban J connectivity index is 1.65. The first-order valence-electron chi connectivity index (χ1n) is 8.36. The van der Waals surface area contributed by atoms with Gasteiger partial charge in [0, 0.05) is 32.7 Å². The molecular weight excluding hydrogens is 312 g/mol. The molecule has 1 aliphatic carbocycles. The molecule has 1 aromatic rings. The number of nitrogens with zero attached hydrogens (tertiary/aromatic N) is 2. The van der Waals surface area contributed by atoms with Crippen LogP contribution in [0.5, 0.6) is 0 Å². The van der Waals surface area contributed by atoms with E-state index in [1.54, 1.807) is 10.4 Å². The van der Waals surface area contributed by atoms with Gasteiger partial charge in [-0.05, 0) is 49.8 Å². The number of β-amino-alcohol motifs (C(OH)–C–C–N with tert-alkyl or cyclic N) is 1. The van der Waals surface area contributed by atoms with Gasteiger partial charge in [0.05, 0.1) is 11.0 Å². The topological polar surface area (TPSA) is 60.9 Å². The fourth-order valence-corrected chi connectivity index (χ4v) is 4.90. The highest BCUT2D eigenvalue weighted by atomic mass is 32.2. The first-order valence-corrected chi connectivity index (χ1v) is 9.80. The zero-order valence-corrected chi connectivity index (χ0v) is 14.7. The van der Waals surface area contributed by atoms with Gasteiger partial charge < -0.3 is 5.11 Å². The molecule has 0 bridgehead atoms. The standard InChI is InChI=1S/C17H26N2O3S/c1-13-3-4-14(2)17(11-13)23(21,22)19-9-7-18(8-10-19)12-16(20)15-5-6-15/h3-4,11,15-16,20H,5-10,12H2,1-2H3. The lowest BCUT2D eigenvalue weighted by molar-refractivity contribution is 0.0782. The number of benzene rings is 1. The predicted molar refractivity (Wildman–Crippen MR) is 89.8 cm³/mol. The highest BCUT2D eigenvalue weighted by Gasteiger charge is 2.33. The minimum atomic E-state index is -3.43. The second-order valence-corrected chi connectivity index (χ2v) is 8.78. The number of aliphatic hydroxyl groups is 1. The number of aliphatic hydroxyl groups excluding tert-OH is 1. The van der Waals surface area contributed by atoms with Crippen molar-refractivity contribution in [2.24, 2.45) is 5.92 Å². The molecule has 1 saturated carbocycles. The van der Waals surface area contributed by atoms with Gasteiger partial charge in [-0.3, -0.25) is 4.90 Å². The monoisotopic (exact) mass is 338 g/mol.